The van der Waals surface area contributed by atoms with Crippen molar-refractivity contribution in [3.8, 4) is 0 Å². The molecule has 1 aromatic carbocycles. The number of aliphatic imine (C=N–C) groups is 1. The molecular weight excluding hydrogens is 505 g/mol. The fourth-order valence-electron chi connectivity index (χ4n) is 4.27. The number of urea groups is 1. The molecule has 1 aromatic heterocycles. The van der Waals surface area contributed by atoms with E-state index in [-0.39, 0.29) is 30.0 Å². The van der Waals surface area contributed by atoms with Crippen LogP contribution >= 0.6 is 24.0 Å². The third-order valence-corrected chi connectivity index (χ3v) is 5.92. The summed E-state index contributed by atoms with van der Waals surface area (Å²) in [6.45, 7) is 4.27. The van der Waals surface area contributed by atoms with E-state index < -0.39 is 0 Å². The highest BCUT2D eigenvalue weighted by molar-refractivity contribution is 14.0. The lowest BCUT2D eigenvalue weighted by Crippen LogP contribution is -2.39. The number of nitrogens with zero attached hydrogens (tertiary/aromatic N) is 5. The zero-order chi connectivity index (χ0) is 20.9. The number of hydrogen-bond acceptors (Lipinski definition) is 3. The molecule has 1 atom stereocenters. The number of aryl methyl sites for hydroxylation is 1. The number of likely N-dealkylation sites (tertiary alicyclic amines) is 2. The van der Waals surface area contributed by atoms with Crippen molar-refractivity contribution in [3.63, 3.8) is 0 Å². The summed E-state index contributed by atoms with van der Waals surface area (Å²) in [5, 5.41) is 10.8. The van der Waals surface area contributed by atoms with Gasteiger partial charge < -0.3 is 20.4 Å². The van der Waals surface area contributed by atoms with Crippen molar-refractivity contribution in [2.24, 2.45) is 12.0 Å². The molecule has 3 heterocycles. The molecule has 2 amide bonds. The lowest BCUT2D eigenvalue weighted by molar-refractivity contribution is 0.222. The SMILES string of the molecule is CN=C(NCc1cccc(NC(=O)N2CCCC2)c1)N1CCC(c2cnn(C)c2)C1.I. The van der Waals surface area contributed by atoms with Gasteiger partial charge in [-0.05, 0) is 42.5 Å². The first-order valence-corrected chi connectivity index (χ1v) is 10.7. The number of hydrogen-bond donors (Lipinski definition) is 2. The zero-order valence-corrected chi connectivity index (χ0v) is 20.6. The highest BCUT2D eigenvalue weighted by Crippen LogP contribution is 2.26. The number of halogens is 1. The molecular formula is C22H32IN7O. The predicted octanol–water partition coefficient (Wildman–Crippen LogP) is 3.23. The molecule has 0 saturated carbocycles. The second-order valence-corrected chi connectivity index (χ2v) is 8.10. The summed E-state index contributed by atoms with van der Waals surface area (Å²) >= 11 is 0. The van der Waals surface area contributed by atoms with Crippen molar-refractivity contribution in [2.75, 3.05) is 38.5 Å². The summed E-state index contributed by atoms with van der Waals surface area (Å²) in [4.78, 5) is 21.0. The number of guanidine groups is 1. The number of nitrogens with one attached hydrogen (secondary N) is 2. The summed E-state index contributed by atoms with van der Waals surface area (Å²) in [5.41, 5.74) is 3.23. The van der Waals surface area contributed by atoms with Gasteiger partial charge in [0.25, 0.3) is 0 Å². The second kappa shape index (κ2) is 10.8. The smallest absolute Gasteiger partial charge is 0.321 e. The summed E-state index contributed by atoms with van der Waals surface area (Å²) < 4.78 is 1.86. The Morgan fingerprint density at radius 2 is 2.03 bits per heavy atom. The number of rotatable bonds is 4. The van der Waals surface area contributed by atoms with Gasteiger partial charge in [-0.25, -0.2) is 4.79 Å². The lowest BCUT2D eigenvalue weighted by atomic mass is 10.0. The molecule has 0 spiro atoms. The van der Waals surface area contributed by atoms with Crippen molar-refractivity contribution in [1.82, 2.24) is 24.9 Å². The first-order valence-electron chi connectivity index (χ1n) is 10.7. The molecule has 1 unspecified atom stereocenters. The molecule has 2 fully saturated rings. The number of aromatic nitrogens is 2. The van der Waals surface area contributed by atoms with Gasteiger partial charge in [0.15, 0.2) is 5.96 Å². The van der Waals surface area contributed by atoms with Crippen molar-refractivity contribution >= 4 is 41.7 Å². The number of amides is 2. The van der Waals surface area contributed by atoms with Gasteiger partial charge in [0, 0.05) is 64.6 Å². The van der Waals surface area contributed by atoms with E-state index in [2.05, 4.69) is 37.9 Å². The average molecular weight is 537 g/mol. The van der Waals surface area contributed by atoms with E-state index in [1.54, 1.807) is 0 Å². The first kappa shape index (κ1) is 23.4. The average Bonchev–Trinajstić information content (AvgIpc) is 3.50. The summed E-state index contributed by atoms with van der Waals surface area (Å²) in [6, 6.07) is 8.00. The minimum atomic E-state index is -0.00747. The fraction of sp³-hybridized carbons (Fsp3) is 0.500. The van der Waals surface area contributed by atoms with Crippen LogP contribution in [-0.4, -0.2) is 64.8 Å². The molecule has 9 heteroatoms. The number of carbonyl (C=O) groups is 1. The van der Waals surface area contributed by atoms with Gasteiger partial charge >= 0.3 is 6.03 Å². The molecule has 0 bridgehead atoms. The maximum Gasteiger partial charge on any atom is 0.321 e. The largest absolute Gasteiger partial charge is 0.352 e. The Labute approximate surface area is 201 Å². The Bertz CT molecular complexity index is 907. The standard InChI is InChI=1S/C22H31N7O.HI/c1-23-21(29-11-8-18(16-29)19-14-25-27(2)15-19)24-13-17-6-5-7-20(12-17)26-22(30)28-9-3-4-10-28;/h5-7,12,14-15,18H,3-4,8-11,13,16H2,1-2H3,(H,23,24)(H,26,30);1H. The molecule has 2 aromatic rings. The van der Waals surface area contributed by atoms with E-state index in [0.29, 0.717) is 12.5 Å². The molecule has 31 heavy (non-hydrogen) atoms. The van der Waals surface area contributed by atoms with Crippen LogP contribution in [0.1, 0.15) is 36.3 Å². The molecule has 8 nitrogen and oxygen atoms in total. The van der Waals surface area contributed by atoms with E-state index in [9.17, 15) is 4.79 Å². The number of anilines is 1. The van der Waals surface area contributed by atoms with Gasteiger partial charge in [0.1, 0.15) is 0 Å². The topological polar surface area (TPSA) is 77.8 Å². The van der Waals surface area contributed by atoms with Gasteiger partial charge in [-0.2, -0.15) is 5.10 Å². The number of benzene rings is 1. The van der Waals surface area contributed by atoms with Gasteiger partial charge in [0.05, 0.1) is 6.20 Å². The Morgan fingerprint density at radius 1 is 1.23 bits per heavy atom. The minimum absolute atomic E-state index is 0. The maximum atomic E-state index is 12.3. The molecule has 2 N–H and O–H groups in total. The van der Waals surface area contributed by atoms with E-state index in [1.807, 2.05) is 48.1 Å². The highest BCUT2D eigenvalue weighted by atomic mass is 127. The van der Waals surface area contributed by atoms with Gasteiger partial charge in [-0.3, -0.25) is 9.67 Å². The Hall–Kier alpha value is -2.30. The van der Waals surface area contributed by atoms with Crippen molar-refractivity contribution in [2.45, 2.75) is 31.7 Å². The molecule has 0 aliphatic carbocycles. The zero-order valence-electron chi connectivity index (χ0n) is 18.3. The molecule has 2 aliphatic rings. The molecule has 168 valence electrons. The normalized spacial score (nSPS) is 18.8. The molecule has 4 rings (SSSR count). The lowest BCUT2D eigenvalue weighted by Gasteiger charge is -2.22. The van der Waals surface area contributed by atoms with Gasteiger partial charge in [0.2, 0.25) is 0 Å². The molecule has 2 saturated heterocycles. The van der Waals surface area contributed by atoms with Crippen molar-refractivity contribution in [1.29, 1.82) is 0 Å². The Morgan fingerprint density at radius 3 is 2.74 bits per heavy atom. The summed E-state index contributed by atoms with van der Waals surface area (Å²) in [7, 11) is 3.78. The van der Waals surface area contributed by atoms with E-state index in [0.717, 1.165) is 62.7 Å². The van der Waals surface area contributed by atoms with Crippen LogP contribution in [-0.2, 0) is 13.6 Å². The number of carbonyl (C=O) groups excluding carboxylic acids is 1. The monoisotopic (exact) mass is 537 g/mol. The highest BCUT2D eigenvalue weighted by Gasteiger charge is 2.26. The Kier molecular flexibility index (Phi) is 8.16. The van der Waals surface area contributed by atoms with Crippen molar-refractivity contribution < 1.29 is 4.79 Å². The summed E-state index contributed by atoms with van der Waals surface area (Å²) in [5.74, 6) is 1.40. The van der Waals surface area contributed by atoms with Crippen LogP contribution in [0.4, 0.5) is 10.5 Å². The first-order chi connectivity index (χ1) is 14.6. The van der Waals surface area contributed by atoms with Gasteiger partial charge in [-0.1, -0.05) is 12.1 Å². The van der Waals surface area contributed by atoms with Crippen LogP contribution in [0.25, 0.3) is 0 Å². The maximum absolute atomic E-state index is 12.3. The van der Waals surface area contributed by atoms with E-state index >= 15 is 0 Å². The molecule has 0 radical (unpaired) electrons. The minimum Gasteiger partial charge on any atom is -0.352 e. The van der Waals surface area contributed by atoms with Crippen LogP contribution < -0.4 is 10.6 Å². The van der Waals surface area contributed by atoms with E-state index in [1.165, 1.54) is 5.56 Å². The van der Waals surface area contributed by atoms with Crippen LogP contribution in [0.2, 0.25) is 0 Å². The Balaban J connectivity index is 0.00000272. The van der Waals surface area contributed by atoms with Crippen LogP contribution in [0.5, 0.6) is 0 Å². The van der Waals surface area contributed by atoms with Gasteiger partial charge in [-0.15, -0.1) is 24.0 Å². The summed E-state index contributed by atoms with van der Waals surface area (Å²) in [6.07, 6.45) is 7.35. The third-order valence-electron chi connectivity index (χ3n) is 5.92. The van der Waals surface area contributed by atoms with Crippen molar-refractivity contribution in [3.05, 3.63) is 47.8 Å². The van der Waals surface area contributed by atoms with Crippen LogP contribution in [0, 0.1) is 0 Å². The fourth-order valence-corrected chi connectivity index (χ4v) is 4.27. The third kappa shape index (κ3) is 5.90. The molecule has 2 aliphatic heterocycles. The quantitative estimate of drug-likeness (QED) is 0.357. The van der Waals surface area contributed by atoms with Crippen LogP contribution in [0.3, 0.4) is 0 Å². The predicted molar refractivity (Wildman–Crippen MR) is 134 cm³/mol. The second-order valence-electron chi connectivity index (χ2n) is 8.10. The van der Waals surface area contributed by atoms with Crippen LogP contribution in [0.15, 0.2) is 41.7 Å². The van der Waals surface area contributed by atoms with E-state index in [4.69, 9.17) is 0 Å².